The van der Waals surface area contributed by atoms with Crippen LogP contribution in [0.15, 0.2) is 22.7 Å². The number of hydrogen-bond donors (Lipinski definition) is 0. The van der Waals surface area contributed by atoms with E-state index in [1.807, 2.05) is 0 Å². The maximum Gasteiger partial charge on any atom is 0.383 e. The molecular weight excluding hydrogens is 352 g/mol. The Labute approximate surface area is 109 Å². The van der Waals surface area contributed by atoms with Crippen molar-refractivity contribution in [2.75, 3.05) is 0 Å². The summed E-state index contributed by atoms with van der Waals surface area (Å²) in [5.74, 6) is -23.2. The molecule has 0 unspecified atom stereocenters. The first-order chi connectivity index (χ1) is 8.39. The second kappa shape index (κ2) is 3.62. The fourth-order valence-corrected chi connectivity index (χ4v) is 2.44. The smallest absolute Gasteiger partial charge is 0.194 e. The minimum Gasteiger partial charge on any atom is -0.194 e. The monoisotopic (exact) mass is 354 g/mol. The number of alkyl halides is 8. The summed E-state index contributed by atoms with van der Waals surface area (Å²) >= 11 is 2.41. The minimum absolute atomic E-state index is 0.275. The van der Waals surface area contributed by atoms with E-state index in [9.17, 15) is 35.1 Å². The first-order valence-electron chi connectivity index (χ1n) is 4.69. The largest absolute Gasteiger partial charge is 0.383 e. The van der Waals surface area contributed by atoms with Gasteiger partial charge in [-0.15, -0.1) is 0 Å². The van der Waals surface area contributed by atoms with Crippen molar-refractivity contribution in [1.29, 1.82) is 0 Å². The molecule has 1 aromatic rings. The van der Waals surface area contributed by atoms with Crippen LogP contribution in [0.3, 0.4) is 0 Å². The Morgan fingerprint density at radius 1 is 0.737 bits per heavy atom. The van der Waals surface area contributed by atoms with Crippen LogP contribution in [-0.4, -0.2) is 11.8 Å². The second-order valence-electron chi connectivity index (χ2n) is 3.96. The Bertz CT molecular complexity index is 536. The molecule has 0 radical (unpaired) electrons. The van der Waals surface area contributed by atoms with Gasteiger partial charge in [0.25, 0.3) is 0 Å². The van der Waals surface area contributed by atoms with Gasteiger partial charge in [-0.25, -0.2) is 0 Å². The Hall–Kier alpha value is -0.860. The lowest BCUT2D eigenvalue weighted by Gasteiger charge is -2.43. The van der Waals surface area contributed by atoms with Crippen LogP contribution in [0.25, 0.3) is 0 Å². The predicted octanol–water partition coefficient (Wildman–Crippen LogP) is 4.92. The van der Waals surface area contributed by atoms with Crippen LogP contribution >= 0.6 is 15.9 Å². The van der Waals surface area contributed by atoms with E-state index in [2.05, 4.69) is 15.9 Å². The van der Waals surface area contributed by atoms with Gasteiger partial charge in [0.2, 0.25) is 0 Å². The molecule has 9 heteroatoms. The van der Waals surface area contributed by atoms with Crippen LogP contribution in [0.1, 0.15) is 11.1 Å². The molecule has 19 heavy (non-hydrogen) atoms. The Morgan fingerprint density at radius 2 is 1.21 bits per heavy atom. The van der Waals surface area contributed by atoms with Crippen molar-refractivity contribution in [3.05, 3.63) is 33.8 Å². The molecule has 106 valence electrons. The lowest BCUT2D eigenvalue weighted by atomic mass is 9.80. The molecule has 0 aliphatic heterocycles. The average molecular weight is 355 g/mol. The minimum atomic E-state index is -6.21. The van der Waals surface area contributed by atoms with Gasteiger partial charge in [0.05, 0.1) is 5.56 Å². The number of rotatable bonds is 0. The molecule has 0 atom stereocenters. The first kappa shape index (κ1) is 14.5. The van der Waals surface area contributed by atoms with Crippen LogP contribution in [0.4, 0.5) is 35.1 Å². The van der Waals surface area contributed by atoms with Crippen LogP contribution in [-0.2, 0) is 11.8 Å². The quantitative estimate of drug-likeness (QED) is 0.580. The third kappa shape index (κ3) is 1.45. The molecule has 0 nitrogen and oxygen atoms in total. The Kier molecular flexibility index (Phi) is 2.77. The molecule has 1 aromatic carbocycles. The van der Waals surface area contributed by atoms with Crippen molar-refractivity contribution in [1.82, 2.24) is 0 Å². The van der Waals surface area contributed by atoms with E-state index < -0.39 is 39.3 Å². The fourth-order valence-electron chi connectivity index (χ4n) is 1.83. The van der Waals surface area contributed by atoms with Crippen molar-refractivity contribution in [3.8, 4) is 0 Å². The van der Waals surface area contributed by atoms with E-state index >= 15 is 0 Å². The van der Waals surface area contributed by atoms with Crippen LogP contribution < -0.4 is 0 Å². The third-order valence-corrected chi connectivity index (χ3v) is 3.51. The Morgan fingerprint density at radius 3 is 1.74 bits per heavy atom. The summed E-state index contributed by atoms with van der Waals surface area (Å²) in [5.41, 5.74) is -3.64. The summed E-state index contributed by atoms with van der Waals surface area (Å²) < 4.78 is 105. The van der Waals surface area contributed by atoms with Gasteiger partial charge in [-0.05, 0) is 6.07 Å². The van der Waals surface area contributed by atoms with Crippen LogP contribution in [0, 0.1) is 0 Å². The van der Waals surface area contributed by atoms with E-state index in [1.54, 1.807) is 0 Å². The molecule has 1 aliphatic carbocycles. The lowest BCUT2D eigenvalue weighted by Crippen LogP contribution is -2.63. The maximum atomic E-state index is 13.5. The summed E-state index contributed by atoms with van der Waals surface area (Å²) in [6, 6.07) is 1.85. The highest BCUT2D eigenvalue weighted by Crippen LogP contribution is 2.65. The van der Waals surface area contributed by atoms with Crippen molar-refractivity contribution in [3.63, 3.8) is 0 Å². The predicted molar refractivity (Wildman–Crippen MR) is 51.8 cm³/mol. The molecule has 0 spiro atoms. The zero-order valence-electron chi connectivity index (χ0n) is 8.63. The molecule has 0 saturated heterocycles. The lowest BCUT2D eigenvalue weighted by molar-refractivity contribution is -0.386. The zero-order chi connectivity index (χ0) is 14.9. The molecule has 0 aromatic heterocycles. The summed E-state index contributed by atoms with van der Waals surface area (Å²) in [4.78, 5) is 0. The van der Waals surface area contributed by atoms with Gasteiger partial charge in [0, 0.05) is 10.0 Å². The zero-order valence-corrected chi connectivity index (χ0v) is 10.2. The number of fused-ring (bicyclic) bond motifs is 1. The molecule has 0 N–H and O–H groups in total. The summed E-state index contributed by atoms with van der Waals surface area (Å²) in [5, 5.41) is 0. The summed E-state index contributed by atoms with van der Waals surface area (Å²) in [7, 11) is 0. The number of hydrogen-bond acceptors (Lipinski definition) is 0. The van der Waals surface area contributed by atoms with Crippen molar-refractivity contribution in [2.45, 2.75) is 23.7 Å². The summed E-state index contributed by atoms with van der Waals surface area (Å²) in [6.07, 6.45) is 0. The van der Waals surface area contributed by atoms with Gasteiger partial charge in [-0.1, -0.05) is 28.1 Å². The fraction of sp³-hybridized carbons (Fsp3) is 0.400. The van der Waals surface area contributed by atoms with E-state index in [0.717, 1.165) is 12.1 Å². The highest BCUT2D eigenvalue weighted by Gasteiger charge is 2.85. The highest BCUT2D eigenvalue weighted by molar-refractivity contribution is 9.10. The second-order valence-corrected chi connectivity index (χ2v) is 4.81. The molecule has 0 amide bonds. The van der Waals surface area contributed by atoms with Crippen LogP contribution in [0.2, 0.25) is 0 Å². The van der Waals surface area contributed by atoms with Gasteiger partial charge in [0.15, 0.2) is 0 Å². The van der Waals surface area contributed by atoms with Gasteiger partial charge in [-0.2, -0.15) is 35.1 Å². The maximum absolute atomic E-state index is 13.5. The number of halogens is 9. The SMILES string of the molecule is FC1(F)c2cccc(Br)c2C(F)(F)C(F)(F)C1(F)F. The van der Waals surface area contributed by atoms with Crippen molar-refractivity contribution < 1.29 is 35.1 Å². The van der Waals surface area contributed by atoms with Gasteiger partial charge in [0.1, 0.15) is 0 Å². The van der Waals surface area contributed by atoms with E-state index in [4.69, 9.17) is 0 Å². The average Bonchev–Trinajstić information content (AvgIpc) is 2.26. The summed E-state index contributed by atoms with van der Waals surface area (Å²) in [6.45, 7) is 0. The van der Waals surface area contributed by atoms with Gasteiger partial charge < -0.3 is 0 Å². The molecule has 0 bridgehead atoms. The topological polar surface area (TPSA) is 0 Å². The Balaban J connectivity index is 2.93. The normalized spacial score (nSPS) is 25.7. The van der Waals surface area contributed by atoms with E-state index in [0.29, 0.717) is 0 Å². The third-order valence-electron chi connectivity index (χ3n) is 2.85. The molecule has 0 heterocycles. The van der Waals surface area contributed by atoms with Gasteiger partial charge >= 0.3 is 23.7 Å². The highest BCUT2D eigenvalue weighted by atomic mass is 79.9. The van der Waals surface area contributed by atoms with E-state index in [1.165, 1.54) is 0 Å². The molecule has 1 aliphatic rings. The van der Waals surface area contributed by atoms with Crippen LogP contribution in [0.5, 0.6) is 0 Å². The molecular formula is C10H3BrF8. The molecule has 0 fully saturated rings. The number of benzene rings is 1. The first-order valence-corrected chi connectivity index (χ1v) is 5.49. The van der Waals surface area contributed by atoms with Crippen molar-refractivity contribution >= 4 is 15.9 Å². The van der Waals surface area contributed by atoms with Crippen molar-refractivity contribution in [2.24, 2.45) is 0 Å². The standard InChI is InChI=1S/C10H3BrF8/c11-5-3-1-2-4-6(5)8(14,15)10(18,19)9(16,17)7(4,12)13/h1-3H. The van der Waals surface area contributed by atoms with E-state index in [-0.39, 0.29) is 6.07 Å². The molecule has 0 saturated carbocycles. The van der Waals surface area contributed by atoms with Gasteiger partial charge in [-0.3, -0.25) is 0 Å². The molecule has 2 rings (SSSR count).